The molecule has 1 N–H and O–H groups in total. The number of para-hydroxylation sites is 1. The van der Waals surface area contributed by atoms with Gasteiger partial charge in [0.1, 0.15) is 12.7 Å². The smallest absolute Gasteiger partial charge is 0.197 e. The lowest BCUT2D eigenvalue weighted by Crippen LogP contribution is -2.23. The summed E-state index contributed by atoms with van der Waals surface area (Å²) in [4.78, 5) is 4.36. The summed E-state index contributed by atoms with van der Waals surface area (Å²) in [6, 6.07) is 8.51. The first-order valence-corrected chi connectivity index (χ1v) is 8.05. The third-order valence-corrected chi connectivity index (χ3v) is 4.21. The van der Waals surface area contributed by atoms with Crippen molar-refractivity contribution in [1.29, 1.82) is 0 Å². The third kappa shape index (κ3) is 3.58. The molecule has 25 heavy (non-hydrogen) atoms. The first-order valence-electron chi connectivity index (χ1n) is 8.05. The number of fused-ring (bicyclic) bond motifs is 1. The van der Waals surface area contributed by atoms with Crippen LogP contribution in [-0.2, 0) is 6.54 Å². The zero-order valence-electron chi connectivity index (χ0n) is 14.5. The topological polar surface area (TPSA) is 56.5 Å². The van der Waals surface area contributed by atoms with Crippen LogP contribution in [0, 0.1) is 19.7 Å². The molecule has 0 spiro atoms. The van der Waals surface area contributed by atoms with Crippen LogP contribution in [0.1, 0.15) is 11.1 Å². The Morgan fingerprint density at radius 3 is 2.76 bits per heavy atom. The van der Waals surface area contributed by atoms with E-state index in [2.05, 4.69) is 4.98 Å². The molecule has 1 heterocycles. The van der Waals surface area contributed by atoms with Crippen LogP contribution in [0.4, 0.5) is 4.39 Å². The fourth-order valence-electron chi connectivity index (χ4n) is 2.71. The second-order valence-corrected chi connectivity index (χ2v) is 6.06. The molecule has 0 radical (unpaired) electrons. The number of aliphatic hydroxyl groups is 1. The van der Waals surface area contributed by atoms with Crippen LogP contribution in [0.15, 0.2) is 36.7 Å². The molecule has 0 saturated carbocycles. The highest BCUT2D eigenvalue weighted by Crippen LogP contribution is 2.29. The Morgan fingerprint density at radius 2 is 2.00 bits per heavy atom. The lowest BCUT2D eigenvalue weighted by molar-refractivity contribution is 0.0897. The van der Waals surface area contributed by atoms with E-state index >= 15 is 0 Å². The fraction of sp³-hybridized carbons (Fsp3) is 0.316. The summed E-state index contributed by atoms with van der Waals surface area (Å²) < 4.78 is 26.2. The number of rotatable bonds is 6. The van der Waals surface area contributed by atoms with Crippen molar-refractivity contribution >= 4 is 11.0 Å². The van der Waals surface area contributed by atoms with Crippen molar-refractivity contribution in [2.24, 2.45) is 0 Å². The number of hydrogen-bond donors (Lipinski definition) is 1. The van der Waals surface area contributed by atoms with Gasteiger partial charge in [0.2, 0.25) is 0 Å². The number of ether oxygens (including phenoxy) is 2. The van der Waals surface area contributed by atoms with Crippen LogP contribution in [0.5, 0.6) is 11.5 Å². The maximum absolute atomic E-state index is 13.9. The van der Waals surface area contributed by atoms with E-state index in [1.807, 2.05) is 30.5 Å². The average Bonchev–Trinajstić information content (AvgIpc) is 2.95. The van der Waals surface area contributed by atoms with Crippen LogP contribution < -0.4 is 9.47 Å². The molecule has 3 rings (SSSR count). The minimum absolute atomic E-state index is 0.00556. The van der Waals surface area contributed by atoms with E-state index in [0.717, 1.165) is 16.6 Å². The number of halogens is 1. The van der Waals surface area contributed by atoms with Gasteiger partial charge in [-0.05, 0) is 49.2 Å². The molecule has 0 bridgehead atoms. The zero-order chi connectivity index (χ0) is 18.0. The summed E-state index contributed by atoms with van der Waals surface area (Å²) in [7, 11) is 1.44. The molecule has 132 valence electrons. The quantitative estimate of drug-likeness (QED) is 0.746. The molecular formula is C19H21FN2O3. The number of aliphatic hydroxyl groups excluding tert-OH is 1. The lowest BCUT2D eigenvalue weighted by Gasteiger charge is -2.16. The van der Waals surface area contributed by atoms with Crippen molar-refractivity contribution in [1.82, 2.24) is 9.55 Å². The van der Waals surface area contributed by atoms with Crippen LogP contribution >= 0.6 is 0 Å². The highest BCUT2D eigenvalue weighted by atomic mass is 19.1. The molecule has 0 aliphatic carbocycles. The number of nitrogens with zero attached hydrogens (tertiary/aromatic N) is 2. The van der Waals surface area contributed by atoms with Gasteiger partial charge in [-0.1, -0.05) is 6.07 Å². The summed E-state index contributed by atoms with van der Waals surface area (Å²) in [6.45, 7) is 4.33. The predicted molar refractivity (Wildman–Crippen MR) is 93.7 cm³/mol. The Labute approximate surface area is 145 Å². The Hall–Kier alpha value is -2.60. The number of hydrogen-bond acceptors (Lipinski definition) is 4. The van der Waals surface area contributed by atoms with Gasteiger partial charge in [-0.2, -0.15) is 0 Å². The molecule has 0 aliphatic rings. The molecule has 0 fully saturated rings. The van der Waals surface area contributed by atoms with E-state index in [9.17, 15) is 9.50 Å². The summed E-state index contributed by atoms with van der Waals surface area (Å²) in [5.41, 5.74) is 4.17. The summed E-state index contributed by atoms with van der Waals surface area (Å²) in [5.74, 6) is -0.219. The van der Waals surface area contributed by atoms with E-state index in [4.69, 9.17) is 9.47 Å². The van der Waals surface area contributed by atoms with Gasteiger partial charge in [-0.25, -0.2) is 9.37 Å². The fourth-order valence-corrected chi connectivity index (χ4v) is 2.71. The van der Waals surface area contributed by atoms with Crippen LogP contribution in [0.2, 0.25) is 0 Å². The summed E-state index contributed by atoms with van der Waals surface area (Å²) in [6.07, 6.45) is 0.875. The predicted octanol–water partition coefficient (Wildman–Crippen LogP) is 3.24. The number of benzene rings is 2. The third-order valence-electron chi connectivity index (χ3n) is 4.21. The maximum Gasteiger partial charge on any atom is 0.197 e. The van der Waals surface area contributed by atoms with Gasteiger partial charge >= 0.3 is 0 Å². The van der Waals surface area contributed by atoms with Crippen molar-refractivity contribution in [3.05, 3.63) is 53.6 Å². The zero-order valence-corrected chi connectivity index (χ0v) is 14.5. The molecule has 3 aromatic rings. The molecule has 1 atom stereocenters. The van der Waals surface area contributed by atoms with Gasteiger partial charge in [-0.15, -0.1) is 0 Å². The van der Waals surface area contributed by atoms with Crippen molar-refractivity contribution < 1.29 is 19.0 Å². The molecule has 0 saturated heterocycles. The molecular weight excluding hydrogens is 323 g/mol. The van der Waals surface area contributed by atoms with E-state index in [-0.39, 0.29) is 12.4 Å². The minimum atomic E-state index is -0.816. The number of aromatic nitrogens is 2. The van der Waals surface area contributed by atoms with Gasteiger partial charge in [0.25, 0.3) is 0 Å². The number of imidazole rings is 1. The average molecular weight is 344 g/mol. The number of methoxy groups -OCH3 is 1. The van der Waals surface area contributed by atoms with Gasteiger partial charge in [0.15, 0.2) is 17.3 Å². The van der Waals surface area contributed by atoms with Crippen LogP contribution in [0.25, 0.3) is 11.0 Å². The highest BCUT2D eigenvalue weighted by Gasteiger charge is 2.14. The first-order chi connectivity index (χ1) is 12.0. The Morgan fingerprint density at radius 1 is 1.24 bits per heavy atom. The SMILES string of the molecule is COc1cccc(F)c1OCC(O)Cn1cnc2cc(C)c(C)cc21. The Balaban J connectivity index is 1.71. The molecule has 0 aliphatic heterocycles. The lowest BCUT2D eigenvalue weighted by atomic mass is 10.1. The van der Waals surface area contributed by atoms with Crippen LogP contribution in [0.3, 0.4) is 0 Å². The number of aryl methyl sites for hydroxylation is 2. The van der Waals surface area contributed by atoms with E-state index in [0.29, 0.717) is 12.3 Å². The van der Waals surface area contributed by atoms with Crippen molar-refractivity contribution in [3.8, 4) is 11.5 Å². The standard InChI is InChI=1S/C19H21FN2O3/c1-12-7-16-17(8-13(12)2)22(11-21-16)9-14(23)10-25-19-15(20)5-4-6-18(19)24-3/h4-8,11,14,23H,9-10H2,1-3H3. The highest BCUT2D eigenvalue weighted by molar-refractivity contribution is 5.77. The monoisotopic (exact) mass is 344 g/mol. The molecule has 1 unspecified atom stereocenters. The van der Waals surface area contributed by atoms with Gasteiger partial charge in [-0.3, -0.25) is 0 Å². The first kappa shape index (κ1) is 17.2. The normalized spacial score (nSPS) is 12.4. The van der Waals surface area contributed by atoms with Gasteiger partial charge in [0, 0.05) is 0 Å². The van der Waals surface area contributed by atoms with E-state index < -0.39 is 11.9 Å². The van der Waals surface area contributed by atoms with E-state index in [1.54, 1.807) is 18.5 Å². The summed E-state index contributed by atoms with van der Waals surface area (Å²) >= 11 is 0. The minimum Gasteiger partial charge on any atom is -0.493 e. The van der Waals surface area contributed by atoms with Gasteiger partial charge in [0.05, 0.1) is 31.0 Å². The van der Waals surface area contributed by atoms with Crippen molar-refractivity contribution in [2.75, 3.05) is 13.7 Å². The van der Waals surface area contributed by atoms with E-state index in [1.165, 1.54) is 18.7 Å². The van der Waals surface area contributed by atoms with Gasteiger partial charge < -0.3 is 19.1 Å². The largest absolute Gasteiger partial charge is 0.493 e. The summed E-state index contributed by atoms with van der Waals surface area (Å²) in [5, 5.41) is 10.3. The molecule has 6 heteroatoms. The molecule has 0 amide bonds. The second kappa shape index (κ2) is 7.11. The molecule has 5 nitrogen and oxygen atoms in total. The molecule has 1 aromatic heterocycles. The van der Waals surface area contributed by atoms with Crippen molar-refractivity contribution in [2.45, 2.75) is 26.5 Å². The second-order valence-electron chi connectivity index (χ2n) is 6.06. The molecule has 2 aromatic carbocycles. The van der Waals surface area contributed by atoms with Crippen LogP contribution in [-0.4, -0.2) is 34.5 Å². The Bertz CT molecular complexity index is 892. The maximum atomic E-state index is 13.9. The Kier molecular flexibility index (Phi) is 4.90. The van der Waals surface area contributed by atoms with Crippen molar-refractivity contribution in [3.63, 3.8) is 0 Å².